The minimum Gasteiger partial charge on any atom is -0.357 e. The topological polar surface area (TPSA) is 85.8 Å². The predicted octanol–water partition coefficient (Wildman–Crippen LogP) is -0.310. The van der Waals surface area contributed by atoms with Gasteiger partial charge in [-0.1, -0.05) is 6.92 Å². The maximum absolute atomic E-state index is 11.9. The second-order valence-electron chi connectivity index (χ2n) is 4.99. The number of hydrogen-bond donors (Lipinski definition) is 3. The van der Waals surface area contributed by atoms with Gasteiger partial charge < -0.3 is 20.9 Å². The fraction of sp³-hybridized carbons (Fsp3) is 0.786. The molecular weight excluding hydrogens is 270 g/mol. The average molecular weight is 297 g/mol. The zero-order chi connectivity index (χ0) is 15.5. The van der Waals surface area contributed by atoms with Gasteiger partial charge in [0.1, 0.15) is 6.54 Å². The highest BCUT2D eigenvalue weighted by Crippen LogP contribution is 2.06. The van der Waals surface area contributed by atoms with Gasteiger partial charge in [0.15, 0.2) is 5.96 Å². The number of rotatable bonds is 7. The van der Waals surface area contributed by atoms with Gasteiger partial charge in [0.2, 0.25) is 11.8 Å². The van der Waals surface area contributed by atoms with Gasteiger partial charge in [-0.15, -0.1) is 0 Å². The first kappa shape index (κ1) is 17.3. The SMILES string of the molecule is CCCNC(=O)CN=C(NCC)NCC(=O)N1CCCC1. The van der Waals surface area contributed by atoms with E-state index in [-0.39, 0.29) is 24.9 Å². The molecule has 0 bridgehead atoms. The summed E-state index contributed by atoms with van der Waals surface area (Å²) in [6.07, 6.45) is 3.06. The Balaban J connectivity index is 2.37. The summed E-state index contributed by atoms with van der Waals surface area (Å²) in [6, 6.07) is 0. The quantitative estimate of drug-likeness (QED) is 0.444. The Morgan fingerprint density at radius 3 is 2.43 bits per heavy atom. The van der Waals surface area contributed by atoms with Gasteiger partial charge in [-0.05, 0) is 26.2 Å². The summed E-state index contributed by atoms with van der Waals surface area (Å²) in [5.74, 6) is 0.463. The molecule has 0 aromatic rings. The highest BCUT2D eigenvalue weighted by Gasteiger charge is 2.17. The lowest BCUT2D eigenvalue weighted by Crippen LogP contribution is -2.44. The number of amides is 2. The van der Waals surface area contributed by atoms with Crippen LogP contribution in [0, 0.1) is 0 Å². The predicted molar refractivity (Wildman–Crippen MR) is 83.1 cm³/mol. The van der Waals surface area contributed by atoms with Gasteiger partial charge in [0.25, 0.3) is 0 Å². The van der Waals surface area contributed by atoms with Gasteiger partial charge in [-0.3, -0.25) is 9.59 Å². The molecule has 0 aromatic carbocycles. The van der Waals surface area contributed by atoms with E-state index in [1.165, 1.54) is 0 Å². The summed E-state index contributed by atoms with van der Waals surface area (Å²) < 4.78 is 0. The van der Waals surface area contributed by atoms with Crippen molar-refractivity contribution in [2.45, 2.75) is 33.1 Å². The van der Waals surface area contributed by atoms with Gasteiger partial charge in [0.05, 0.1) is 6.54 Å². The van der Waals surface area contributed by atoms with Gasteiger partial charge in [-0.2, -0.15) is 0 Å². The molecule has 3 N–H and O–H groups in total. The highest BCUT2D eigenvalue weighted by molar-refractivity contribution is 5.88. The van der Waals surface area contributed by atoms with Crippen molar-refractivity contribution in [2.24, 2.45) is 4.99 Å². The number of carbonyl (C=O) groups excluding carboxylic acids is 2. The molecule has 120 valence electrons. The average Bonchev–Trinajstić information content (AvgIpc) is 3.02. The lowest BCUT2D eigenvalue weighted by molar-refractivity contribution is -0.128. The van der Waals surface area contributed by atoms with Crippen LogP contribution in [0.15, 0.2) is 4.99 Å². The van der Waals surface area contributed by atoms with E-state index in [1.54, 1.807) is 0 Å². The Morgan fingerprint density at radius 1 is 1.10 bits per heavy atom. The van der Waals surface area contributed by atoms with Crippen LogP contribution in [-0.2, 0) is 9.59 Å². The van der Waals surface area contributed by atoms with Crippen LogP contribution < -0.4 is 16.0 Å². The molecule has 1 rings (SSSR count). The monoisotopic (exact) mass is 297 g/mol. The molecule has 1 fully saturated rings. The van der Waals surface area contributed by atoms with E-state index in [1.807, 2.05) is 18.7 Å². The summed E-state index contributed by atoms with van der Waals surface area (Å²) >= 11 is 0. The molecule has 2 amide bonds. The summed E-state index contributed by atoms with van der Waals surface area (Å²) in [6.45, 7) is 7.23. The Morgan fingerprint density at radius 2 is 1.81 bits per heavy atom. The van der Waals surface area contributed by atoms with Crippen LogP contribution in [0.25, 0.3) is 0 Å². The van der Waals surface area contributed by atoms with Crippen LogP contribution in [0.1, 0.15) is 33.1 Å². The maximum Gasteiger partial charge on any atom is 0.241 e. The lowest BCUT2D eigenvalue weighted by Gasteiger charge is -2.17. The van der Waals surface area contributed by atoms with Crippen LogP contribution in [0.5, 0.6) is 0 Å². The molecule has 0 radical (unpaired) electrons. The largest absolute Gasteiger partial charge is 0.357 e. The van der Waals surface area contributed by atoms with Crippen LogP contribution in [-0.4, -0.2) is 61.9 Å². The summed E-state index contributed by atoms with van der Waals surface area (Å²) in [5.41, 5.74) is 0. The van der Waals surface area contributed by atoms with Crippen LogP contribution in [0.3, 0.4) is 0 Å². The van der Waals surface area contributed by atoms with Crippen LogP contribution in [0.4, 0.5) is 0 Å². The van der Waals surface area contributed by atoms with Crippen molar-refractivity contribution in [1.29, 1.82) is 0 Å². The van der Waals surface area contributed by atoms with E-state index in [4.69, 9.17) is 0 Å². The van der Waals surface area contributed by atoms with Gasteiger partial charge >= 0.3 is 0 Å². The normalized spacial score (nSPS) is 15.0. The van der Waals surface area contributed by atoms with Crippen molar-refractivity contribution in [3.8, 4) is 0 Å². The first-order chi connectivity index (χ1) is 10.2. The smallest absolute Gasteiger partial charge is 0.241 e. The second-order valence-corrected chi connectivity index (χ2v) is 4.99. The number of nitrogens with zero attached hydrogens (tertiary/aromatic N) is 2. The van der Waals surface area contributed by atoms with Crippen molar-refractivity contribution in [3.63, 3.8) is 0 Å². The molecule has 0 saturated carbocycles. The highest BCUT2D eigenvalue weighted by atomic mass is 16.2. The minimum atomic E-state index is -0.111. The molecule has 0 atom stereocenters. The van der Waals surface area contributed by atoms with E-state index >= 15 is 0 Å². The molecule has 1 aliphatic rings. The Labute approximate surface area is 126 Å². The number of likely N-dealkylation sites (tertiary alicyclic amines) is 1. The summed E-state index contributed by atoms with van der Waals surface area (Å²) in [4.78, 5) is 29.5. The van der Waals surface area contributed by atoms with E-state index in [0.29, 0.717) is 19.0 Å². The molecule has 0 aromatic heterocycles. The Kier molecular flexibility index (Phi) is 8.23. The Bertz CT molecular complexity index is 364. The second kappa shape index (κ2) is 10.0. The number of carbonyl (C=O) groups is 2. The maximum atomic E-state index is 11.9. The van der Waals surface area contributed by atoms with Crippen LogP contribution in [0.2, 0.25) is 0 Å². The molecule has 1 aliphatic heterocycles. The minimum absolute atomic E-state index is 0.0627. The molecule has 0 spiro atoms. The van der Waals surface area contributed by atoms with E-state index in [0.717, 1.165) is 32.4 Å². The fourth-order valence-corrected chi connectivity index (χ4v) is 2.05. The number of nitrogens with one attached hydrogen (secondary N) is 3. The number of guanidine groups is 1. The van der Waals surface area contributed by atoms with E-state index in [9.17, 15) is 9.59 Å². The summed E-state index contributed by atoms with van der Waals surface area (Å²) in [5, 5.41) is 8.77. The number of hydrogen-bond acceptors (Lipinski definition) is 3. The van der Waals surface area contributed by atoms with E-state index < -0.39 is 0 Å². The molecule has 0 unspecified atom stereocenters. The van der Waals surface area contributed by atoms with Gasteiger partial charge in [0, 0.05) is 26.2 Å². The van der Waals surface area contributed by atoms with Crippen molar-refractivity contribution in [2.75, 3.05) is 39.3 Å². The van der Waals surface area contributed by atoms with Crippen molar-refractivity contribution in [1.82, 2.24) is 20.9 Å². The standard InChI is InChI=1S/C14H27N5O2/c1-3-7-16-12(20)10-17-14(15-4-2)18-11-13(21)19-8-5-6-9-19/h3-11H2,1-2H3,(H,16,20)(H2,15,17,18). The Hall–Kier alpha value is -1.79. The molecule has 7 nitrogen and oxygen atoms in total. The third kappa shape index (κ3) is 6.97. The first-order valence-electron chi connectivity index (χ1n) is 7.74. The molecule has 1 heterocycles. The first-order valence-corrected chi connectivity index (χ1v) is 7.74. The summed E-state index contributed by atoms with van der Waals surface area (Å²) in [7, 11) is 0. The van der Waals surface area contributed by atoms with Crippen LogP contribution >= 0.6 is 0 Å². The zero-order valence-corrected chi connectivity index (χ0v) is 13.1. The molecule has 1 saturated heterocycles. The van der Waals surface area contributed by atoms with Crippen molar-refractivity contribution < 1.29 is 9.59 Å². The molecule has 7 heteroatoms. The molecule has 0 aliphatic carbocycles. The molecular formula is C14H27N5O2. The van der Waals surface area contributed by atoms with Gasteiger partial charge in [-0.25, -0.2) is 4.99 Å². The third-order valence-electron chi connectivity index (χ3n) is 3.16. The van der Waals surface area contributed by atoms with Crippen molar-refractivity contribution >= 4 is 17.8 Å². The van der Waals surface area contributed by atoms with E-state index in [2.05, 4.69) is 20.9 Å². The zero-order valence-electron chi connectivity index (χ0n) is 13.1. The molecule has 21 heavy (non-hydrogen) atoms. The van der Waals surface area contributed by atoms with Crippen molar-refractivity contribution in [3.05, 3.63) is 0 Å². The number of aliphatic imine (C=N–C) groups is 1. The third-order valence-corrected chi connectivity index (χ3v) is 3.16. The fourth-order valence-electron chi connectivity index (χ4n) is 2.05. The lowest BCUT2D eigenvalue weighted by atomic mass is 10.4.